The third-order valence-corrected chi connectivity index (χ3v) is 4.31. The van der Waals surface area contributed by atoms with E-state index in [2.05, 4.69) is 9.71 Å². The van der Waals surface area contributed by atoms with Gasteiger partial charge in [-0.1, -0.05) is 11.6 Å². The van der Waals surface area contributed by atoms with E-state index < -0.39 is 10.0 Å². The molecule has 6 nitrogen and oxygen atoms in total. The minimum atomic E-state index is -3.68. The Morgan fingerprint density at radius 2 is 2.15 bits per heavy atom. The van der Waals surface area contributed by atoms with E-state index in [0.29, 0.717) is 22.2 Å². The summed E-state index contributed by atoms with van der Waals surface area (Å²) in [4.78, 5) is 2.90. The first-order valence-electron chi connectivity index (χ1n) is 5.70. The van der Waals surface area contributed by atoms with Crippen molar-refractivity contribution in [2.45, 2.75) is 11.4 Å². The van der Waals surface area contributed by atoms with Gasteiger partial charge in [-0.2, -0.15) is 0 Å². The number of rotatable bonds is 5. The lowest BCUT2D eigenvalue weighted by Crippen LogP contribution is -2.12. The molecule has 0 radical (unpaired) electrons. The molecule has 0 amide bonds. The molecular weight excluding hydrogens is 302 g/mol. The molecule has 0 atom stereocenters. The number of hydrogen-bond acceptors (Lipinski definition) is 4. The molecule has 0 saturated heterocycles. The predicted molar refractivity (Wildman–Crippen MR) is 77.5 cm³/mol. The van der Waals surface area contributed by atoms with E-state index in [-0.39, 0.29) is 11.4 Å². The fourth-order valence-corrected chi connectivity index (χ4v) is 2.96. The fraction of sp³-hybridized carbons (Fsp3) is 0.167. The van der Waals surface area contributed by atoms with Gasteiger partial charge in [-0.25, -0.2) is 8.42 Å². The van der Waals surface area contributed by atoms with Gasteiger partial charge in [-0.05, 0) is 24.3 Å². The Morgan fingerprint density at radius 3 is 2.70 bits per heavy atom. The van der Waals surface area contributed by atoms with Crippen molar-refractivity contribution in [3.63, 3.8) is 0 Å². The lowest BCUT2D eigenvalue weighted by Gasteiger charge is -2.08. The lowest BCUT2D eigenvalue weighted by atomic mass is 10.3. The number of nitrogens with one attached hydrogen (secondary N) is 2. The van der Waals surface area contributed by atoms with Crippen LogP contribution in [0.2, 0.25) is 5.02 Å². The number of aromatic amines is 1. The van der Waals surface area contributed by atoms with Crippen LogP contribution in [0.5, 0.6) is 5.75 Å². The van der Waals surface area contributed by atoms with E-state index in [4.69, 9.17) is 22.1 Å². The third kappa shape index (κ3) is 3.06. The highest BCUT2D eigenvalue weighted by Gasteiger charge is 2.16. The van der Waals surface area contributed by atoms with Crippen LogP contribution in [-0.2, 0) is 16.6 Å². The summed E-state index contributed by atoms with van der Waals surface area (Å²) in [7, 11) is -2.19. The summed E-state index contributed by atoms with van der Waals surface area (Å²) in [5.74, 6) is 0.474. The van der Waals surface area contributed by atoms with Crippen LogP contribution in [0.25, 0.3) is 0 Å². The van der Waals surface area contributed by atoms with Gasteiger partial charge in [0, 0.05) is 18.4 Å². The second kappa shape index (κ2) is 5.74. The molecule has 4 N–H and O–H groups in total. The summed E-state index contributed by atoms with van der Waals surface area (Å²) >= 11 is 5.95. The molecule has 0 aliphatic rings. The minimum Gasteiger partial charge on any atom is -0.495 e. The summed E-state index contributed by atoms with van der Waals surface area (Å²) in [6.07, 6.45) is 1.38. The van der Waals surface area contributed by atoms with Crippen molar-refractivity contribution < 1.29 is 13.2 Å². The predicted octanol–water partition coefficient (Wildman–Crippen LogP) is 1.94. The minimum absolute atomic E-state index is 0.116. The second-order valence-corrected chi connectivity index (χ2v) is 6.11. The maximum absolute atomic E-state index is 12.2. The average molecular weight is 316 g/mol. The number of aromatic nitrogens is 1. The first-order chi connectivity index (χ1) is 9.46. The molecule has 0 spiro atoms. The quantitative estimate of drug-likeness (QED) is 0.785. The summed E-state index contributed by atoms with van der Waals surface area (Å²) < 4.78 is 31.7. The largest absolute Gasteiger partial charge is 0.495 e. The van der Waals surface area contributed by atoms with Gasteiger partial charge in [0.05, 0.1) is 17.8 Å². The first kappa shape index (κ1) is 14.7. The van der Waals surface area contributed by atoms with Crippen LogP contribution in [0.4, 0.5) is 5.69 Å². The van der Waals surface area contributed by atoms with Crippen molar-refractivity contribution in [1.82, 2.24) is 4.98 Å². The first-order valence-corrected chi connectivity index (χ1v) is 7.56. The number of hydrogen-bond donors (Lipinski definition) is 3. The van der Waals surface area contributed by atoms with Crippen molar-refractivity contribution in [2.75, 3.05) is 11.8 Å². The number of H-pyrrole nitrogens is 1. The van der Waals surface area contributed by atoms with E-state index in [0.717, 1.165) is 0 Å². The van der Waals surface area contributed by atoms with Gasteiger partial charge >= 0.3 is 0 Å². The van der Waals surface area contributed by atoms with Crippen LogP contribution >= 0.6 is 11.6 Å². The molecule has 1 heterocycles. The van der Waals surface area contributed by atoms with Crippen LogP contribution in [-0.4, -0.2) is 20.5 Å². The summed E-state index contributed by atoms with van der Waals surface area (Å²) in [5.41, 5.74) is 6.42. The Morgan fingerprint density at radius 1 is 1.40 bits per heavy atom. The van der Waals surface area contributed by atoms with Gasteiger partial charge in [-0.15, -0.1) is 0 Å². The molecule has 8 heteroatoms. The standard InChI is InChI=1S/C12H14ClN3O3S/c1-19-12-3-2-8(5-11(12)13)16-20(17,18)10-4-9(6-14)15-7-10/h2-5,7,15-16H,6,14H2,1H3. The zero-order chi connectivity index (χ0) is 14.8. The Labute approximate surface area is 121 Å². The SMILES string of the molecule is COc1ccc(NS(=O)(=O)c2c[nH]c(CN)c2)cc1Cl. The summed E-state index contributed by atoms with van der Waals surface area (Å²) in [6.45, 7) is 0.240. The van der Waals surface area contributed by atoms with Gasteiger partial charge in [-0.3, -0.25) is 4.72 Å². The normalized spacial score (nSPS) is 11.3. The second-order valence-electron chi connectivity index (χ2n) is 4.02. The van der Waals surface area contributed by atoms with Crippen molar-refractivity contribution in [3.8, 4) is 5.75 Å². The van der Waals surface area contributed by atoms with E-state index >= 15 is 0 Å². The molecule has 1 aromatic carbocycles. The molecule has 2 rings (SSSR count). The molecule has 0 aliphatic heterocycles. The van der Waals surface area contributed by atoms with Crippen molar-refractivity contribution in [2.24, 2.45) is 5.73 Å². The molecular formula is C12H14ClN3O3S. The summed E-state index contributed by atoms with van der Waals surface area (Å²) in [5, 5.41) is 0.324. The maximum atomic E-state index is 12.2. The molecule has 0 saturated carbocycles. The van der Waals surface area contributed by atoms with Gasteiger partial charge in [0.1, 0.15) is 10.6 Å². The number of nitrogens with two attached hydrogens (primary N) is 1. The third-order valence-electron chi connectivity index (χ3n) is 2.65. The van der Waals surface area contributed by atoms with Gasteiger partial charge in [0.2, 0.25) is 0 Å². The molecule has 0 fully saturated rings. The molecule has 20 heavy (non-hydrogen) atoms. The highest BCUT2D eigenvalue weighted by Crippen LogP contribution is 2.28. The van der Waals surface area contributed by atoms with Crippen molar-refractivity contribution in [3.05, 3.63) is 41.2 Å². The lowest BCUT2D eigenvalue weighted by molar-refractivity contribution is 0.415. The van der Waals surface area contributed by atoms with Gasteiger partial charge < -0.3 is 15.5 Å². The Bertz CT molecular complexity index is 712. The number of benzene rings is 1. The van der Waals surface area contributed by atoms with Crippen molar-refractivity contribution >= 4 is 27.3 Å². The highest BCUT2D eigenvalue weighted by molar-refractivity contribution is 7.92. The number of halogens is 1. The Hall–Kier alpha value is -1.70. The van der Waals surface area contributed by atoms with E-state index in [1.807, 2.05) is 0 Å². The zero-order valence-corrected chi connectivity index (χ0v) is 12.3. The Balaban J connectivity index is 2.26. The molecule has 0 aliphatic carbocycles. The van der Waals surface area contributed by atoms with E-state index in [9.17, 15) is 8.42 Å². The highest BCUT2D eigenvalue weighted by atomic mass is 35.5. The number of methoxy groups -OCH3 is 1. The molecule has 0 bridgehead atoms. The monoisotopic (exact) mass is 315 g/mol. The molecule has 0 unspecified atom stereocenters. The van der Waals surface area contributed by atoms with Gasteiger partial charge in [0.25, 0.3) is 10.0 Å². The van der Waals surface area contributed by atoms with Crippen LogP contribution in [0.15, 0.2) is 35.4 Å². The van der Waals surface area contributed by atoms with Crippen molar-refractivity contribution in [1.29, 1.82) is 0 Å². The number of anilines is 1. The van der Waals surface area contributed by atoms with Crippen LogP contribution in [0.3, 0.4) is 0 Å². The summed E-state index contributed by atoms with van der Waals surface area (Å²) in [6, 6.07) is 6.11. The van der Waals surface area contributed by atoms with E-state index in [1.165, 1.54) is 25.4 Å². The van der Waals surface area contributed by atoms with Crippen LogP contribution in [0, 0.1) is 0 Å². The fourth-order valence-electron chi connectivity index (χ4n) is 1.64. The zero-order valence-electron chi connectivity index (χ0n) is 10.7. The number of ether oxygens (including phenoxy) is 1. The van der Waals surface area contributed by atoms with E-state index in [1.54, 1.807) is 12.1 Å². The van der Waals surface area contributed by atoms with Crippen LogP contribution in [0.1, 0.15) is 5.69 Å². The number of sulfonamides is 1. The average Bonchev–Trinajstić information content (AvgIpc) is 2.88. The van der Waals surface area contributed by atoms with Gasteiger partial charge in [0.15, 0.2) is 0 Å². The topological polar surface area (TPSA) is 97.2 Å². The molecule has 108 valence electrons. The maximum Gasteiger partial charge on any atom is 0.263 e. The molecule has 2 aromatic rings. The van der Waals surface area contributed by atoms with Crippen LogP contribution < -0.4 is 15.2 Å². The Kier molecular flexibility index (Phi) is 4.22. The smallest absolute Gasteiger partial charge is 0.263 e. The molecule has 1 aromatic heterocycles.